The zero-order valence-electron chi connectivity index (χ0n) is 46.7. The van der Waals surface area contributed by atoms with Gasteiger partial charge in [-0.2, -0.15) is 0 Å². The summed E-state index contributed by atoms with van der Waals surface area (Å²) in [6.45, 7) is 6.49. The van der Waals surface area contributed by atoms with Crippen molar-refractivity contribution in [1.29, 1.82) is 0 Å². The Hall–Kier alpha value is -3.41. The Balaban J connectivity index is 4.43. The number of carbonyl (C=O) groups is 3. The second-order valence-electron chi connectivity index (χ2n) is 19.9. The summed E-state index contributed by atoms with van der Waals surface area (Å²) in [7, 11) is 0. The summed E-state index contributed by atoms with van der Waals surface area (Å²) in [5, 5.41) is 0. The fourth-order valence-electron chi connectivity index (χ4n) is 8.34. The highest BCUT2D eigenvalue weighted by Crippen LogP contribution is 2.15. The Morgan fingerprint density at radius 3 is 0.901 bits per heavy atom. The average Bonchev–Trinajstić information content (AvgIpc) is 3.37. The van der Waals surface area contributed by atoms with E-state index in [1.807, 2.05) is 0 Å². The lowest BCUT2D eigenvalue weighted by molar-refractivity contribution is -0.167. The van der Waals surface area contributed by atoms with E-state index in [4.69, 9.17) is 14.2 Å². The summed E-state index contributed by atoms with van der Waals surface area (Å²) < 4.78 is 16.9. The van der Waals surface area contributed by atoms with Crippen LogP contribution in [0.3, 0.4) is 0 Å². The maximum atomic E-state index is 12.9. The van der Waals surface area contributed by atoms with Gasteiger partial charge in [-0.15, -0.1) is 0 Å². The molecule has 0 heterocycles. The topological polar surface area (TPSA) is 78.9 Å². The van der Waals surface area contributed by atoms with E-state index in [9.17, 15) is 14.4 Å². The van der Waals surface area contributed by atoms with Gasteiger partial charge in [-0.25, -0.2) is 0 Å². The van der Waals surface area contributed by atoms with Crippen LogP contribution in [0.25, 0.3) is 0 Å². The molecule has 0 aromatic carbocycles. The van der Waals surface area contributed by atoms with Crippen LogP contribution in [-0.2, 0) is 28.6 Å². The maximum Gasteiger partial charge on any atom is 0.306 e. The molecule has 0 spiro atoms. The quantitative estimate of drug-likeness (QED) is 0.0261. The molecule has 408 valence electrons. The van der Waals surface area contributed by atoms with Crippen LogP contribution >= 0.6 is 0 Å². The average molecular weight is 990 g/mol. The summed E-state index contributed by atoms with van der Waals surface area (Å²) in [6, 6.07) is 0. The molecule has 0 amide bonds. The minimum atomic E-state index is -0.792. The van der Waals surface area contributed by atoms with Gasteiger partial charge in [0.2, 0.25) is 0 Å². The van der Waals surface area contributed by atoms with Gasteiger partial charge in [0.25, 0.3) is 0 Å². The van der Waals surface area contributed by atoms with Crippen molar-refractivity contribution in [2.24, 2.45) is 0 Å². The standard InChI is InChI=1S/C65H112O6/c1-4-7-10-13-16-19-22-25-28-31-32-35-37-40-43-46-49-52-55-58-64(67)70-61-62(71-65(68)59-56-53-50-47-44-41-38-34-30-27-24-21-18-15-12-9-6-3)60-69-63(66)57-54-51-48-45-42-39-36-33-29-26-23-20-17-14-11-8-5-2/h8,11,16-17,19-20,25-30,36,39,62H,4-7,9-10,12-15,18,21-24,31-35,37-38,40-61H2,1-3H3/b11-8-,19-16-,20-17-,28-25-,29-26-,30-27-,39-36-/t62-/m1/s1. The molecule has 0 bridgehead atoms. The number of hydrogen-bond acceptors (Lipinski definition) is 6. The van der Waals surface area contributed by atoms with Crippen molar-refractivity contribution < 1.29 is 28.6 Å². The SMILES string of the molecule is CC/C=C\C/C=C\C/C=C\C/C=C\CCCCCCC(=O)OC[C@H](COC(=O)CCCCCCCCCCC/C=C\C/C=C\CCCCC)OC(=O)CCCCCCCCC/C=C\CCCCCCCC. The molecule has 6 heteroatoms. The molecule has 0 N–H and O–H groups in total. The number of ether oxygens (including phenoxy) is 3. The third kappa shape index (κ3) is 57.4. The van der Waals surface area contributed by atoms with E-state index in [0.29, 0.717) is 19.3 Å². The molecule has 0 saturated carbocycles. The Morgan fingerprint density at radius 2 is 0.549 bits per heavy atom. The number of allylic oxidation sites excluding steroid dienone is 14. The summed E-state index contributed by atoms with van der Waals surface area (Å²) in [6.07, 6.45) is 77.1. The van der Waals surface area contributed by atoms with Gasteiger partial charge in [0.1, 0.15) is 13.2 Å². The third-order valence-corrected chi connectivity index (χ3v) is 12.9. The normalized spacial score (nSPS) is 12.7. The monoisotopic (exact) mass is 989 g/mol. The first-order valence-corrected chi connectivity index (χ1v) is 30.1. The minimum absolute atomic E-state index is 0.0879. The predicted octanol–water partition coefficient (Wildman–Crippen LogP) is 20.3. The van der Waals surface area contributed by atoms with Crippen LogP contribution in [0, 0.1) is 0 Å². The van der Waals surface area contributed by atoms with Crippen LogP contribution in [-0.4, -0.2) is 37.2 Å². The van der Waals surface area contributed by atoms with Crippen LogP contribution < -0.4 is 0 Å². The summed E-state index contributed by atoms with van der Waals surface area (Å²) >= 11 is 0. The van der Waals surface area contributed by atoms with Crippen LogP contribution in [0.4, 0.5) is 0 Å². The number of hydrogen-bond donors (Lipinski definition) is 0. The van der Waals surface area contributed by atoms with E-state index in [1.165, 1.54) is 148 Å². The number of unbranched alkanes of at least 4 members (excludes halogenated alkanes) is 29. The Bertz CT molecular complexity index is 1370. The third-order valence-electron chi connectivity index (χ3n) is 12.9. The van der Waals surface area contributed by atoms with E-state index in [-0.39, 0.29) is 31.1 Å². The second kappa shape index (κ2) is 59.2. The van der Waals surface area contributed by atoms with Crippen LogP contribution in [0.1, 0.15) is 290 Å². The van der Waals surface area contributed by atoms with Gasteiger partial charge in [-0.05, 0) is 116 Å². The van der Waals surface area contributed by atoms with E-state index < -0.39 is 6.10 Å². The predicted molar refractivity (Wildman–Crippen MR) is 307 cm³/mol. The van der Waals surface area contributed by atoms with Gasteiger partial charge in [0, 0.05) is 19.3 Å². The van der Waals surface area contributed by atoms with E-state index >= 15 is 0 Å². The van der Waals surface area contributed by atoms with Crippen LogP contribution in [0.2, 0.25) is 0 Å². The first-order chi connectivity index (χ1) is 35.0. The second-order valence-corrected chi connectivity index (χ2v) is 19.9. The van der Waals surface area contributed by atoms with E-state index in [1.54, 1.807) is 0 Å². The van der Waals surface area contributed by atoms with E-state index in [0.717, 1.165) is 103 Å². The molecule has 6 nitrogen and oxygen atoms in total. The molecule has 1 atom stereocenters. The zero-order chi connectivity index (χ0) is 51.4. The van der Waals surface area contributed by atoms with Crippen LogP contribution in [0.5, 0.6) is 0 Å². The highest BCUT2D eigenvalue weighted by molar-refractivity contribution is 5.71. The number of carbonyl (C=O) groups excluding carboxylic acids is 3. The fourth-order valence-corrected chi connectivity index (χ4v) is 8.34. The molecule has 0 unspecified atom stereocenters. The van der Waals surface area contributed by atoms with E-state index in [2.05, 4.69) is 106 Å². The van der Waals surface area contributed by atoms with Crippen LogP contribution in [0.15, 0.2) is 85.1 Å². The maximum absolute atomic E-state index is 12.9. The molecule has 0 aromatic rings. The minimum Gasteiger partial charge on any atom is -0.462 e. The van der Waals surface area contributed by atoms with Gasteiger partial charge in [0.15, 0.2) is 6.10 Å². The number of rotatable bonds is 54. The first-order valence-electron chi connectivity index (χ1n) is 30.1. The molecule has 0 saturated heterocycles. The van der Waals surface area contributed by atoms with Gasteiger partial charge < -0.3 is 14.2 Å². The smallest absolute Gasteiger partial charge is 0.306 e. The molecule has 0 aliphatic carbocycles. The van der Waals surface area contributed by atoms with Crippen molar-refractivity contribution in [1.82, 2.24) is 0 Å². The van der Waals surface area contributed by atoms with Crippen molar-refractivity contribution in [2.75, 3.05) is 13.2 Å². The fraction of sp³-hybridized carbons (Fsp3) is 0.738. The molecule has 0 fully saturated rings. The highest BCUT2D eigenvalue weighted by atomic mass is 16.6. The lowest BCUT2D eigenvalue weighted by Crippen LogP contribution is -2.30. The Kier molecular flexibility index (Phi) is 56.3. The van der Waals surface area contributed by atoms with Gasteiger partial charge in [-0.1, -0.05) is 241 Å². The van der Waals surface area contributed by atoms with Crippen molar-refractivity contribution in [3.05, 3.63) is 85.1 Å². The Labute approximate surface area is 439 Å². The molecular formula is C65H112O6. The largest absolute Gasteiger partial charge is 0.462 e. The van der Waals surface area contributed by atoms with Crippen molar-refractivity contribution in [3.8, 4) is 0 Å². The van der Waals surface area contributed by atoms with Gasteiger partial charge in [-0.3, -0.25) is 14.4 Å². The van der Waals surface area contributed by atoms with Crippen molar-refractivity contribution >= 4 is 17.9 Å². The highest BCUT2D eigenvalue weighted by Gasteiger charge is 2.19. The molecule has 0 aliphatic rings. The molecule has 0 radical (unpaired) electrons. The van der Waals surface area contributed by atoms with Crippen molar-refractivity contribution in [2.45, 2.75) is 297 Å². The zero-order valence-corrected chi connectivity index (χ0v) is 46.7. The number of esters is 3. The molecule has 0 aromatic heterocycles. The lowest BCUT2D eigenvalue weighted by Gasteiger charge is -2.18. The van der Waals surface area contributed by atoms with Gasteiger partial charge >= 0.3 is 17.9 Å². The molecule has 0 aliphatic heterocycles. The molecular weight excluding hydrogens is 877 g/mol. The lowest BCUT2D eigenvalue weighted by atomic mass is 10.1. The summed E-state index contributed by atoms with van der Waals surface area (Å²) in [5.41, 5.74) is 0. The first kappa shape index (κ1) is 67.6. The molecule has 71 heavy (non-hydrogen) atoms. The summed E-state index contributed by atoms with van der Waals surface area (Å²) in [5.74, 6) is -0.912. The summed E-state index contributed by atoms with van der Waals surface area (Å²) in [4.78, 5) is 38.2. The van der Waals surface area contributed by atoms with Crippen molar-refractivity contribution in [3.63, 3.8) is 0 Å². The van der Waals surface area contributed by atoms with Gasteiger partial charge in [0.05, 0.1) is 0 Å². The Morgan fingerprint density at radius 1 is 0.296 bits per heavy atom. The molecule has 0 rings (SSSR count).